The Balaban J connectivity index is 2.23. The molecule has 0 aromatic heterocycles. The van der Waals surface area contributed by atoms with Crippen molar-refractivity contribution >= 4 is 21.7 Å². The second kappa shape index (κ2) is 5.89. The molecular formula is C15H13BrO3. The lowest BCUT2D eigenvalue weighted by Gasteiger charge is -2.08. The van der Waals surface area contributed by atoms with Crippen molar-refractivity contribution in [1.29, 1.82) is 0 Å². The molecule has 0 fully saturated rings. The normalized spacial score (nSPS) is 10.2. The molecule has 0 saturated heterocycles. The van der Waals surface area contributed by atoms with E-state index in [1.165, 1.54) is 7.11 Å². The van der Waals surface area contributed by atoms with Gasteiger partial charge in [0.15, 0.2) is 17.3 Å². The number of hydrogen-bond acceptors (Lipinski definition) is 3. The first-order valence-electron chi connectivity index (χ1n) is 5.75. The van der Waals surface area contributed by atoms with Crippen molar-refractivity contribution < 1.29 is 14.6 Å². The van der Waals surface area contributed by atoms with Crippen molar-refractivity contribution in [3.63, 3.8) is 0 Å². The summed E-state index contributed by atoms with van der Waals surface area (Å²) < 4.78 is 5.67. The lowest BCUT2D eigenvalue weighted by molar-refractivity contribution is 0.0993. The summed E-state index contributed by atoms with van der Waals surface area (Å²) in [5.74, 6) is 0.403. The molecule has 0 unspecified atom stereocenters. The highest BCUT2D eigenvalue weighted by Gasteiger charge is 2.12. The van der Waals surface area contributed by atoms with Gasteiger partial charge in [-0.2, -0.15) is 0 Å². The molecule has 0 aliphatic heterocycles. The average Bonchev–Trinajstić information content (AvgIpc) is 2.39. The number of benzene rings is 2. The number of ether oxygens (including phenoxy) is 1. The minimum Gasteiger partial charge on any atom is -0.504 e. The second-order valence-corrected chi connectivity index (χ2v) is 4.95. The summed E-state index contributed by atoms with van der Waals surface area (Å²) in [6, 6.07) is 12.4. The first-order chi connectivity index (χ1) is 9.11. The molecule has 0 heterocycles. The van der Waals surface area contributed by atoms with Gasteiger partial charge in [0.25, 0.3) is 0 Å². The third-order valence-electron chi connectivity index (χ3n) is 2.75. The largest absolute Gasteiger partial charge is 0.504 e. The van der Waals surface area contributed by atoms with E-state index >= 15 is 0 Å². The number of halogens is 1. The van der Waals surface area contributed by atoms with Crippen LogP contribution in [-0.2, 0) is 6.42 Å². The third kappa shape index (κ3) is 3.15. The summed E-state index contributed by atoms with van der Waals surface area (Å²) in [6.07, 6.45) is 0.236. The van der Waals surface area contributed by atoms with Crippen LogP contribution in [0.3, 0.4) is 0 Å². The number of hydrogen-bond donors (Lipinski definition) is 1. The van der Waals surface area contributed by atoms with E-state index in [-0.39, 0.29) is 18.0 Å². The van der Waals surface area contributed by atoms with Crippen molar-refractivity contribution in [2.24, 2.45) is 0 Å². The Labute approximate surface area is 120 Å². The molecule has 0 atom stereocenters. The maximum absolute atomic E-state index is 12.1. The summed E-state index contributed by atoms with van der Waals surface area (Å²) in [4.78, 5) is 12.1. The van der Waals surface area contributed by atoms with Crippen LogP contribution in [0, 0.1) is 0 Å². The molecule has 1 N–H and O–H groups in total. The van der Waals surface area contributed by atoms with Crippen LogP contribution in [-0.4, -0.2) is 18.0 Å². The van der Waals surface area contributed by atoms with Crippen molar-refractivity contribution in [2.75, 3.05) is 7.11 Å². The number of carbonyl (C=O) groups is 1. The SMILES string of the molecule is COc1c(O)cc(CC(=O)c2ccccc2)cc1Br. The number of aromatic hydroxyl groups is 1. The Kier molecular flexibility index (Phi) is 4.22. The molecule has 19 heavy (non-hydrogen) atoms. The number of ketones is 1. The van der Waals surface area contributed by atoms with E-state index in [9.17, 15) is 9.90 Å². The molecule has 0 radical (unpaired) electrons. The van der Waals surface area contributed by atoms with E-state index in [1.54, 1.807) is 24.3 Å². The Morgan fingerprint density at radius 2 is 1.95 bits per heavy atom. The molecule has 98 valence electrons. The molecule has 0 aliphatic rings. The summed E-state index contributed by atoms with van der Waals surface area (Å²) in [5, 5.41) is 9.79. The molecule has 3 nitrogen and oxygen atoms in total. The standard InChI is InChI=1S/C15H13BrO3/c1-19-15-12(16)7-10(9-14(15)18)8-13(17)11-5-3-2-4-6-11/h2-7,9,18H,8H2,1H3. The van der Waals surface area contributed by atoms with E-state index in [1.807, 2.05) is 18.2 Å². The van der Waals surface area contributed by atoms with Gasteiger partial charge < -0.3 is 9.84 Å². The highest BCUT2D eigenvalue weighted by Crippen LogP contribution is 2.35. The van der Waals surface area contributed by atoms with Gasteiger partial charge in [-0.25, -0.2) is 0 Å². The average molecular weight is 321 g/mol. The van der Waals surface area contributed by atoms with E-state index in [0.29, 0.717) is 15.8 Å². The van der Waals surface area contributed by atoms with E-state index in [0.717, 1.165) is 5.56 Å². The van der Waals surface area contributed by atoms with E-state index in [4.69, 9.17) is 4.74 Å². The topological polar surface area (TPSA) is 46.5 Å². The van der Waals surface area contributed by atoms with Crippen LogP contribution in [0.4, 0.5) is 0 Å². The predicted octanol–water partition coefficient (Wildman–Crippen LogP) is 3.59. The van der Waals surface area contributed by atoms with E-state index < -0.39 is 0 Å². The molecule has 4 heteroatoms. The van der Waals surface area contributed by atoms with Gasteiger partial charge in [-0.15, -0.1) is 0 Å². The Morgan fingerprint density at radius 1 is 1.26 bits per heavy atom. The second-order valence-electron chi connectivity index (χ2n) is 4.10. The van der Waals surface area contributed by atoms with Crippen molar-refractivity contribution in [3.8, 4) is 11.5 Å². The molecule has 2 aromatic rings. The summed E-state index contributed by atoms with van der Waals surface area (Å²) >= 11 is 3.31. The minimum absolute atomic E-state index is 0.0112. The highest BCUT2D eigenvalue weighted by molar-refractivity contribution is 9.10. The van der Waals surface area contributed by atoms with E-state index in [2.05, 4.69) is 15.9 Å². The van der Waals surface area contributed by atoms with Gasteiger partial charge in [-0.05, 0) is 33.6 Å². The van der Waals surface area contributed by atoms with Crippen LogP contribution < -0.4 is 4.74 Å². The number of phenols is 1. The number of methoxy groups -OCH3 is 1. The van der Waals surface area contributed by atoms with Gasteiger partial charge in [-0.3, -0.25) is 4.79 Å². The zero-order valence-electron chi connectivity index (χ0n) is 10.4. The van der Waals surface area contributed by atoms with Gasteiger partial charge in [0.05, 0.1) is 11.6 Å². The van der Waals surface area contributed by atoms with Gasteiger partial charge in [-0.1, -0.05) is 30.3 Å². The lowest BCUT2D eigenvalue weighted by atomic mass is 10.0. The zero-order valence-corrected chi connectivity index (χ0v) is 12.0. The predicted molar refractivity (Wildman–Crippen MR) is 76.8 cm³/mol. The third-order valence-corrected chi connectivity index (χ3v) is 3.34. The van der Waals surface area contributed by atoms with Crippen LogP contribution in [0.15, 0.2) is 46.9 Å². The molecule has 0 spiro atoms. The van der Waals surface area contributed by atoms with Crippen LogP contribution in [0.1, 0.15) is 15.9 Å². The van der Waals surface area contributed by atoms with Gasteiger partial charge >= 0.3 is 0 Å². The highest BCUT2D eigenvalue weighted by atomic mass is 79.9. The van der Waals surface area contributed by atoms with Crippen molar-refractivity contribution in [3.05, 3.63) is 58.1 Å². The summed E-state index contributed by atoms with van der Waals surface area (Å²) in [7, 11) is 1.48. The lowest BCUT2D eigenvalue weighted by Crippen LogP contribution is -2.03. The van der Waals surface area contributed by atoms with Crippen LogP contribution in [0.25, 0.3) is 0 Å². The fraction of sp³-hybridized carbons (Fsp3) is 0.133. The maximum atomic E-state index is 12.1. The quantitative estimate of drug-likeness (QED) is 0.876. The van der Waals surface area contributed by atoms with Crippen LogP contribution in [0.5, 0.6) is 11.5 Å². The first-order valence-corrected chi connectivity index (χ1v) is 6.54. The molecule has 2 aromatic carbocycles. The van der Waals surface area contributed by atoms with Crippen LogP contribution in [0.2, 0.25) is 0 Å². The number of rotatable bonds is 4. The Morgan fingerprint density at radius 3 is 2.53 bits per heavy atom. The fourth-order valence-electron chi connectivity index (χ4n) is 1.85. The molecule has 0 aliphatic carbocycles. The number of Topliss-reactive ketones (excluding diaryl/α,β-unsaturated/α-hetero) is 1. The first kappa shape index (κ1) is 13.6. The van der Waals surface area contributed by atoms with Crippen molar-refractivity contribution in [1.82, 2.24) is 0 Å². The number of carbonyl (C=O) groups excluding carboxylic acids is 1. The monoisotopic (exact) mass is 320 g/mol. The summed E-state index contributed by atoms with van der Waals surface area (Å²) in [6.45, 7) is 0. The molecule has 0 saturated carbocycles. The van der Waals surface area contributed by atoms with Gasteiger partial charge in [0.1, 0.15) is 0 Å². The Bertz CT molecular complexity index is 571. The molecule has 2 rings (SSSR count). The van der Waals surface area contributed by atoms with Crippen LogP contribution >= 0.6 is 15.9 Å². The van der Waals surface area contributed by atoms with Gasteiger partial charge in [0, 0.05) is 12.0 Å². The Hall–Kier alpha value is -1.81. The minimum atomic E-state index is 0.0112. The molecule has 0 bridgehead atoms. The fourth-order valence-corrected chi connectivity index (χ4v) is 2.51. The summed E-state index contributed by atoms with van der Waals surface area (Å²) in [5.41, 5.74) is 1.40. The van der Waals surface area contributed by atoms with Gasteiger partial charge in [0.2, 0.25) is 0 Å². The maximum Gasteiger partial charge on any atom is 0.174 e. The zero-order chi connectivity index (χ0) is 13.8. The molecular weight excluding hydrogens is 308 g/mol. The number of phenolic OH excluding ortho intramolecular Hbond substituents is 1. The molecule has 0 amide bonds. The smallest absolute Gasteiger partial charge is 0.174 e. The van der Waals surface area contributed by atoms with Crippen molar-refractivity contribution in [2.45, 2.75) is 6.42 Å².